The SMILES string of the molecule is O=C1CC(OC2CCCc3ccccc32)C2C(=O)c3ccccc3C(=O)C2C1. The molecule has 3 aliphatic carbocycles. The van der Waals surface area contributed by atoms with E-state index in [-0.39, 0.29) is 36.3 Å². The summed E-state index contributed by atoms with van der Waals surface area (Å²) in [5, 5.41) is 0. The van der Waals surface area contributed by atoms with Crippen molar-refractivity contribution in [3.8, 4) is 0 Å². The van der Waals surface area contributed by atoms with Crippen molar-refractivity contribution >= 4 is 17.3 Å². The molecule has 0 bridgehead atoms. The highest BCUT2D eigenvalue weighted by Crippen LogP contribution is 2.43. The van der Waals surface area contributed by atoms with Gasteiger partial charge >= 0.3 is 0 Å². The molecule has 0 heterocycles. The minimum absolute atomic E-state index is 0.0101. The van der Waals surface area contributed by atoms with E-state index in [1.807, 2.05) is 12.1 Å². The fourth-order valence-corrected chi connectivity index (χ4v) is 5.16. The molecule has 0 saturated heterocycles. The largest absolute Gasteiger partial charge is 0.369 e. The summed E-state index contributed by atoms with van der Waals surface area (Å²) in [6, 6.07) is 15.2. The van der Waals surface area contributed by atoms with Crippen LogP contribution in [0.2, 0.25) is 0 Å². The van der Waals surface area contributed by atoms with E-state index in [0.717, 1.165) is 24.8 Å². The third-order valence-electron chi connectivity index (χ3n) is 6.46. The van der Waals surface area contributed by atoms with Gasteiger partial charge in [0.1, 0.15) is 5.78 Å². The number of Topliss-reactive ketones (excluding diaryl/α,β-unsaturated/α-hetero) is 3. The van der Waals surface area contributed by atoms with E-state index in [4.69, 9.17) is 4.74 Å². The van der Waals surface area contributed by atoms with E-state index in [9.17, 15) is 14.4 Å². The molecule has 0 radical (unpaired) electrons. The van der Waals surface area contributed by atoms with Crippen LogP contribution in [0.5, 0.6) is 0 Å². The second-order valence-corrected chi connectivity index (χ2v) is 8.11. The molecule has 0 aromatic heterocycles. The van der Waals surface area contributed by atoms with Gasteiger partial charge in [-0.1, -0.05) is 48.5 Å². The van der Waals surface area contributed by atoms with Crippen LogP contribution in [-0.2, 0) is 16.0 Å². The molecule has 1 fully saturated rings. The molecule has 4 heteroatoms. The minimum Gasteiger partial charge on any atom is -0.369 e. The van der Waals surface area contributed by atoms with E-state index in [0.29, 0.717) is 11.1 Å². The number of fused-ring (bicyclic) bond motifs is 3. The van der Waals surface area contributed by atoms with Gasteiger partial charge in [0, 0.05) is 29.9 Å². The van der Waals surface area contributed by atoms with Crippen molar-refractivity contribution in [3.05, 3.63) is 70.8 Å². The number of hydrogen-bond donors (Lipinski definition) is 0. The van der Waals surface area contributed by atoms with Crippen molar-refractivity contribution in [2.75, 3.05) is 0 Å². The Bertz CT molecular complexity index is 976. The monoisotopic (exact) mass is 374 g/mol. The number of ketones is 3. The van der Waals surface area contributed by atoms with Crippen LogP contribution in [0.1, 0.15) is 63.6 Å². The first kappa shape index (κ1) is 17.5. The van der Waals surface area contributed by atoms with E-state index in [1.54, 1.807) is 24.3 Å². The standard InChI is InChI=1S/C24H22O4/c25-15-12-19-22(24(27)18-10-4-3-9-17(18)23(19)26)21(13-15)28-20-11-5-7-14-6-1-2-8-16(14)20/h1-4,6,8-10,19-22H,5,7,11-13H2. The molecule has 5 rings (SSSR count). The van der Waals surface area contributed by atoms with Gasteiger partial charge in [0.25, 0.3) is 0 Å². The molecular weight excluding hydrogens is 352 g/mol. The van der Waals surface area contributed by atoms with Crippen LogP contribution in [0.15, 0.2) is 48.5 Å². The lowest BCUT2D eigenvalue weighted by atomic mass is 9.65. The summed E-state index contributed by atoms with van der Waals surface area (Å²) in [6.45, 7) is 0. The van der Waals surface area contributed by atoms with Crippen molar-refractivity contribution in [3.63, 3.8) is 0 Å². The smallest absolute Gasteiger partial charge is 0.170 e. The van der Waals surface area contributed by atoms with Crippen LogP contribution in [0.3, 0.4) is 0 Å². The zero-order chi connectivity index (χ0) is 19.3. The van der Waals surface area contributed by atoms with Gasteiger partial charge in [-0.05, 0) is 30.4 Å². The Morgan fingerprint density at radius 3 is 2.36 bits per heavy atom. The normalized spacial score (nSPS) is 29.1. The van der Waals surface area contributed by atoms with Gasteiger partial charge in [-0.25, -0.2) is 0 Å². The third kappa shape index (κ3) is 2.75. The van der Waals surface area contributed by atoms with E-state index >= 15 is 0 Å². The zero-order valence-electron chi connectivity index (χ0n) is 15.6. The molecule has 2 aromatic rings. The van der Waals surface area contributed by atoms with Gasteiger partial charge < -0.3 is 4.74 Å². The Morgan fingerprint density at radius 2 is 1.54 bits per heavy atom. The summed E-state index contributed by atoms with van der Waals surface area (Å²) >= 11 is 0. The maximum Gasteiger partial charge on any atom is 0.170 e. The van der Waals surface area contributed by atoms with Gasteiger partial charge in [0.15, 0.2) is 11.6 Å². The van der Waals surface area contributed by atoms with Gasteiger partial charge in [-0.15, -0.1) is 0 Å². The predicted molar refractivity (Wildman–Crippen MR) is 103 cm³/mol. The lowest BCUT2D eigenvalue weighted by Crippen LogP contribution is -2.49. The summed E-state index contributed by atoms with van der Waals surface area (Å²) in [5.74, 6) is -1.29. The molecule has 0 N–H and O–H groups in total. The molecule has 1 saturated carbocycles. The maximum absolute atomic E-state index is 13.3. The zero-order valence-corrected chi connectivity index (χ0v) is 15.6. The number of benzene rings is 2. The molecule has 4 atom stereocenters. The minimum atomic E-state index is -0.590. The Hall–Kier alpha value is -2.59. The molecule has 0 amide bonds. The van der Waals surface area contributed by atoms with Crippen LogP contribution in [-0.4, -0.2) is 23.5 Å². The van der Waals surface area contributed by atoms with Crippen LogP contribution in [0, 0.1) is 11.8 Å². The van der Waals surface area contributed by atoms with Gasteiger partial charge in [-0.2, -0.15) is 0 Å². The molecule has 0 spiro atoms. The molecule has 142 valence electrons. The van der Waals surface area contributed by atoms with Crippen LogP contribution >= 0.6 is 0 Å². The highest BCUT2D eigenvalue weighted by molar-refractivity contribution is 6.17. The number of rotatable bonds is 2. The fourth-order valence-electron chi connectivity index (χ4n) is 5.16. The van der Waals surface area contributed by atoms with Crippen molar-refractivity contribution in [2.24, 2.45) is 11.8 Å². The summed E-state index contributed by atoms with van der Waals surface area (Å²) in [5.41, 5.74) is 3.35. The molecule has 4 nitrogen and oxygen atoms in total. The molecule has 4 unspecified atom stereocenters. The van der Waals surface area contributed by atoms with Gasteiger partial charge in [0.05, 0.1) is 18.1 Å². The summed E-state index contributed by atoms with van der Waals surface area (Å²) in [4.78, 5) is 38.7. The van der Waals surface area contributed by atoms with Crippen molar-refractivity contribution in [2.45, 2.75) is 44.3 Å². The third-order valence-corrected chi connectivity index (χ3v) is 6.46. The number of hydrogen-bond acceptors (Lipinski definition) is 4. The maximum atomic E-state index is 13.3. The van der Waals surface area contributed by atoms with Crippen LogP contribution < -0.4 is 0 Å². The average Bonchev–Trinajstić information content (AvgIpc) is 2.72. The molecule has 3 aliphatic rings. The van der Waals surface area contributed by atoms with Crippen molar-refractivity contribution < 1.29 is 19.1 Å². The second-order valence-electron chi connectivity index (χ2n) is 8.11. The van der Waals surface area contributed by atoms with Gasteiger partial charge in [0.2, 0.25) is 0 Å². The first-order chi connectivity index (χ1) is 13.6. The summed E-state index contributed by atoms with van der Waals surface area (Å²) in [7, 11) is 0. The summed E-state index contributed by atoms with van der Waals surface area (Å²) in [6.07, 6.45) is 2.61. The van der Waals surface area contributed by atoms with Crippen LogP contribution in [0.25, 0.3) is 0 Å². The molecular formula is C24H22O4. The number of ether oxygens (including phenoxy) is 1. The first-order valence-electron chi connectivity index (χ1n) is 10.1. The highest BCUT2D eigenvalue weighted by atomic mass is 16.5. The molecule has 28 heavy (non-hydrogen) atoms. The Balaban J connectivity index is 1.50. The summed E-state index contributed by atoms with van der Waals surface area (Å²) < 4.78 is 6.44. The number of aryl methyl sites for hydroxylation is 1. The second kappa shape index (κ2) is 6.78. The van der Waals surface area contributed by atoms with E-state index < -0.39 is 17.9 Å². The highest BCUT2D eigenvalue weighted by Gasteiger charge is 2.50. The topological polar surface area (TPSA) is 60.4 Å². The molecule has 0 aliphatic heterocycles. The number of carbonyl (C=O) groups is 3. The fraction of sp³-hybridized carbons (Fsp3) is 0.375. The predicted octanol–water partition coefficient (Wildman–Crippen LogP) is 4.12. The Labute approximate surface area is 163 Å². The Morgan fingerprint density at radius 1 is 0.821 bits per heavy atom. The molecule has 2 aromatic carbocycles. The Kier molecular flexibility index (Phi) is 4.24. The lowest BCUT2D eigenvalue weighted by molar-refractivity contribution is -0.132. The van der Waals surface area contributed by atoms with Gasteiger partial charge in [-0.3, -0.25) is 14.4 Å². The van der Waals surface area contributed by atoms with E-state index in [2.05, 4.69) is 12.1 Å². The lowest BCUT2D eigenvalue weighted by Gasteiger charge is -2.41. The first-order valence-corrected chi connectivity index (χ1v) is 10.1. The van der Waals surface area contributed by atoms with Crippen molar-refractivity contribution in [1.82, 2.24) is 0 Å². The van der Waals surface area contributed by atoms with Crippen molar-refractivity contribution in [1.29, 1.82) is 0 Å². The average molecular weight is 374 g/mol. The quantitative estimate of drug-likeness (QED) is 0.793. The number of carbonyl (C=O) groups excluding carboxylic acids is 3. The van der Waals surface area contributed by atoms with E-state index in [1.165, 1.54) is 5.56 Å². The van der Waals surface area contributed by atoms with Crippen LogP contribution in [0.4, 0.5) is 0 Å².